The molecule has 0 aliphatic rings. The van der Waals surface area contributed by atoms with Crippen molar-refractivity contribution in [1.82, 2.24) is 4.90 Å². The van der Waals surface area contributed by atoms with Crippen LogP contribution in [0.15, 0.2) is 28.7 Å². The van der Waals surface area contributed by atoms with E-state index in [-0.39, 0.29) is 5.91 Å². The van der Waals surface area contributed by atoms with Crippen molar-refractivity contribution in [1.29, 1.82) is 0 Å². The van der Waals surface area contributed by atoms with Crippen LogP contribution in [0.2, 0.25) is 5.02 Å². The van der Waals surface area contributed by atoms with E-state index in [1.165, 1.54) is 7.11 Å². The molecule has 1 aromatic heterocycles. The summed E-state index contributed by atoms with van der Waals surface area (Å²) in [7, 11) is 3.23. The Hall–Kier alpha value is -2.14. The fourth-order valence-corrected chi connectivity index (χ4v) is 2.55. The van der Waals surface area contributed by atoms with Gasteiger partial charge in [-0.15, -0.1) is 0 Å². The first kappa shape index (κ1) is 18.2. The van der Waals surface area contributed by atoms with Crippen molar-refractivity contribution in [3.63, 3.8) is 0 Å². The second kappa shape index (κ2) is 8.11. The lowest BCUT2D eigenvalue weighted by molar-refractivity contribution is 0.0774. The average molecular weight is 352 g/mol. The van der Waals surface area contributed by atoms with Gasteiger partial charge in [-0.25, -0.2) is 0 Å². The Kier molecular flexibility index (Phi) is 6.15. The largest absolute Gasteiger partial charge is 0.493 e. The van der Waals surface area contributed by atoms with E-state index in [9.17, 15) is 4.79 Å². The average Bonchev–Trinajstić information content (AvgIpc) is 2.97. The Balaban J connectivity index is 2.20. The summed E-state index contributed by atoms with van der Waals surface area (Å²) < 4.78 is 16.4. The van der Waals surface area contributed by atoms with Crippen LogP contribution >= 0.6 is 11.6 Å². The summed E-state index contributed by atoms with van der Waals surface area (Å²) in [6.07, 6.45) is 0.853. The summed E-state index contributed by atoms with van der Waals surface area (Å²) >= 11 is 6.27. The number of carbonyl (C=O) groups excluding carboxylic acids is 1. The SMILES string of the molecule is CCCOc1c(Cl)cc(C(=O)N(C)Cc2ccc(C)o2)cc1OC. The number of furan rings is 1. The number of amides is 1. The van der Waals surface area contributed by atoms with E-state index in [1.54, 1.807) is 24.1 Å². The molecule has 0 bridgehead atoms. The van der Waals surface area contributed by atoms with Crippen LogP contribution in [-0.4, -0.2) is 31.6 Å². The summed E-state index contributed by atoms with van der Waals surface area (Å²) in [5.41, 5.74) is 0.437. The van der Waals surface area contributed by atoms with E-state index in [2.05, 4.69) is 0 Å². The molecule has 6 heteroatoms. The zero-order valence-corrected chi connectivity index (χ0v) is 15.1. The van der Waals surface area contributed by atoms with Crippen molar-refractivity contribution in [2.24, 2.45) is 0 Å². The minimum atomic E-state index is -0.175. The van der Waals surface area contributed by atoms with Crippen molar-refractivity contribution in [3.05, 3.63) is 46.4 Å². The molecule has 0 spiro atoms. The van der Waals surface area contributed by atoms with Crippen LogP contribution in [0, 0.1) is 6.92 Å². The molecule has 0 saturated carbocycles. The highest BCUT2D eigenvalue weighted by Crippen LogP contribution is 2.36. The Bertz CT molecular complexity index is 711. The molecule has 1 aromatic carbocycles. The second-order valence-electron chi connectivity index (χ2n) is 5.51. The van der Waals surface area contributed by atoms with E-state index in [0.29, 0.717) is 35.2 Å². The maximum atomic E-state index is 12.6. The second-order valence-corrected chi connectivity index (χ2v) is 5.92. The fourth-order valence-electron chi connectivity index (χ4n) is 2.28. The lowest BCUT2D eigenvalue weighted by atomic mass is 10.1. The van der Waals surface area contributed by atoms with Crippen LogP contribution in [0.3, 0.4) is 0 Å². The van der Waals surface area contributed by atoms with E-state index < -0.39 is 0 Å². The van der Waals surface area contributed by atoms with Gasteiger partial charge in [0, 0.05) is 12.6 Å². The van der Waals surface area contributed by atoms with Gasteiger partial charge in [0.25, 0.3) is 5.91 Å². The number of hydrogen-bond donors (Lipinski definition) is 0. The highest BCUT2D eigenvalue weighted by Gasteiger charge is 2.19. The van der Waals surface area contributed by atoms with Gasteiger partial charge in [0.2, 0.25) is 0 Å². The minimum absolute atomic E-state index is 0.175. The first-order valence-electron chi connectivity index (χ1n) is 7.77. The molecule has 0 fully saturated rings. The van der Waals surface area contributed by atoms with Gasteiger partial charge in [-0.2, -0.15) is 0 Å². The minimum Gasteiger partial charge on any atom is -0.493 e. The van der Waals surface area contributed by atoms with Crippen molar-refractivity contribution in [2.75, 3.05) is 20.8 Å². The number of nitrogens with zero attached hydrogens (tertiary/aromatic N) is 1. The van der Waals surface area contributed by atoms with Gasteiger partial charge < -0.3 is 18.8 Å². The maximum absolute atomic E-state index is 12.6. The predicted octanol–water partition coefficient (Wildman–Crippen LogP) is 4.31. The predicted molar refractivity (Wildman–Crippen MR) is 93.0 cm³/mol. The highest BCUT2D eigenvalue weighted by atomic mass is 35.5. The van der Waals surface area contributed by atoms with Crippen LogP contribution in [0.25, 0.3) is 0 Å². The van der Waals surface area contributed by atoms with Gasteiger partial charge in [-0.05, 0) is 37.6 Å². The summed E-state index contributed by atoms with van der Waals surface area (Å²) in [6.45, 7) is 4.77. The molecule has 0 aliphatic carbocycles. The van der Waals surface area contributed by atoms with Crippen LogP contribution in [0.1, 0.15) is 35.2 Å². The number of benzene rings is 1. The summed E-state index contributed by atoms with van der Waals surface area (Å²) in [5.74, 6) is 2.27. The molecular formula is C18H22ClNO4. The van der Waals surface area contributed by atoms with Crippen LogP contribution in [0.5, 0.6) is 11.5 Å². The fraction of sp³-hybridized carbons (Fsp3) is 0.389. The lowest BCUT2D eigenvalue weighted by Crippen LogP contribution is -2.26. The van der Waals surface area contributed by atoms with Crippen molar-refractivity contribution >= 4 is 17.5 Å². The summed E-state index contributed by atoms with van der Waals surface area (Å²) in [5, 5.41) is 0.355. The molecular weight excluding hydrogens is 330 g/mol. The molecule has 0 radical (unpaired) electrons. The Morgan fingerprint density at radius 2 is 2.08 bits per heavy atom. The smallest absolute Gasteiger partial charge is 0.254 e. The van der Waals surface area contributed by atoms with Gasteiger partial charge in [0.05, 0.1) is 25.3 Å². The molecule has 0 aliphatic heterocycles. The molecule has 0 atom stereocenters. The number of aryl methyl sites for hydroxylation is 1. The molecule has 0 N–H and O–H groups in total. The van der Waals surface area contributed by atoms with Crippen LogP contribution in [0.4, 0.5) is 0 Å². The molecule has 2 aromatic rings. The van der Waals surface area contributed by atoms with E-state index in [0.717, 1.165) is 17.9 Å². The van der Waals surface area contributed by atoms with Gasteiger partial charge in [0.15, 0.2) is 11.5 Å². The molecule has 0 unspecified atom stereocenters. The number of carbonyl (C=O) groups is 1. The normalized spacial score (nSPS) is 10.5. The molecule has 5 nitrogen and oxygen atoms in total. The number of rotatable bonds is 7. The van der Waals surface area contributed by atoms with Gasteiger partial charge in [-0.3, -0.25) is 4.79 Å². The van der Waals surface area contributed by atoms with Crippen LogP contribution in [-0.2, 0) is 6.54 Å². The molecule has 0 saturated heterocycles. The number of halogens is 1. The van der Waals surface area contributed by atoms with Gasteiger partial charge >= 0.3 is 0 Å². The third-order valence-electron chi connectivity index (χ3n) is 3.46. The van der Waals surface area contributed by atoms with Crippen molar-refractivity contribution in [2.45, 2.75) is 26.8 Å². The Morgan fingerprint density at radius 1 is 1.33 bits per heavy atom. The highest BCUT2D eigenvalue weighted by molar-refractivity contribution is 6.32. The van der Waals surface area contributed by atoms with Crippen LogP contribution < -0.4 is 9.47 Å². The molecule has 1 heterocycles. The first-order valence-corrected chi connectivity index (χ1v) is 8.15. The van der Waals surface area contributed by atoms with Gasteiger partial charge in [0.1, 0.15) is 11.5 Å². The molecule has 1 amide bonds. The first-order chi connectivity index (χ1) is 11.5. The summed E-state index contributed by atoms with van der Waals surface area (Å²) in [6, 6.07) is 6.96. The van der Waals surface area contributed by atoms with Crippen molar-refractivity contribution in [3.8, 4) is 11.5 Å². The monoisotopic (exact) mass is 351 g/mol. The van der Waals surface area contributed by atoms with E-state index in [1.807, 2.05) is 26.0 Å². The Morgan fingerprint density at radius 3 is 2.67 bits per heavy atom. The zero-order chi connectivity index (χ0) is 17.7. The van der Waals surface area contributed by atoms with E-state index in [4.69, 9.17) is 25.5 Å². The number of hydrogen-bond acceptors (Lipinski definition) is 4. The molecule has 2 rings (SSSR count). The topological polar surface area (TPSA) is 51.9 Å². The van der Waals surface area contributed by atoms with Crippen molar-refractivity contribution < 1.29 is 18.7 Å². The third-order valence-corrected chi connectivity index (χ3v) is 3.74. The quantitative estimate of drug-likeness (QED) is 0.745. The maximum Gasteiger partial charge on any atom is 0.254 e. The Labute approximate surface area is 147 Å². The number of methoxy groups -OCH3 is 1. The van der Waals surface area contributed by atoms with E-state index >= 15 is 0 Å². The summed E-state index contributed by atoms with van der Waals surface area (Å²) in [4.78, 5) is 14.2. The zero-order valence-electron chi connectivity index (χ0n) is 14.4. The third kappa shape index (κ3) is 4.23. The lowest BCUT2D eigenvalue weighted by Gasteiger charge is -2.18. The van der Waals surface area contributed by atoms with Gasteiger partial charge in [-0.1, -0.05) is 18.5 Å². The molecule has 130 valence electrons. The standard InChI is InChI=1S/C18H22ClNO4/c1-5-8-23-17-15(19)9-13(10-16(17)22-4)18(21)20(3)11-14-7-6-12(2)24-14/h6-7,9-10H,5,8,11H2,1-4H3. The number of ether oxygens (including phenoxy) is 2. The molecule has 24 heavy (non-hydrogen) atoms.